The topological polar surface area (TPSA) is 97.1 Å². The van der Waals surface area contributed by atoms with Crippen molar-refractivity contribution in [2.45, 2.75) is 26.2 Å². The summed E-state index contributed by atoms with van der Waals surface area (Å²) in [4.78, 5) is 26.4. The molecule has 0 saturated heterocycles. The molecule has 0 saturated carbocycles. The molecule has 0 aliphatic carbocycles. The van der Waals surface area contributed by atoms with Gasteiger partial charge in [0.1, 0.15) is 5.69 Å². The fourth-order valence-corrected chi connectivity index (χ4v) is 1.70. The Kier molecular flexibility index (Phi) is 7.27. The van der Waals surface area contributed by atoms with Crippen LogP contribution in [-0.4, -0.2) is 36.4 Å². The van der Waals surface area contributed by atoms with Crippen molar-refractivity contribution in [3.05, 3.63) is 29.6 Å². The maximum Gasteiger partial charge on any atom is 0.269 e. The molecule has 1 aromatic heterocycles. The second-order valence-corrected chi connectivity index (χ2v) is 4.55. The molecule has 20 heavy (non-hydrogen) atoms. The molecule has 0 fully saturated rings. The summed E-state index contributed by atoms with van der Waals surface area (Å²) < 4.78 is 0. The third-order valence-electron chi connectivity index (χ3n) is 2.76. The predicted octanol–water partition coefficient (Wildman–Crippen LogP) is 0.229. The summed E-state index contributed by atoms with van der Waals surface area (Å²) in [6.07, 6.45) is 4.84. The minimum absolute atomic E-state index is 0.112. The molecular weight excluding hydrogens is 256 g/mol. The number of hydrogen-bond donors (Lipinski definition) is 3. The second kappa shape index (κ2) is 9.03. The van der Waals surface area contributed by atoms with Crippen molar-refractivity contribution in [3.63, 3.8) is 0 Å². The predicted molar refractivity (Wildman–Crippen MR) is 77.2 cm³/mol. The number of rotatable bonds is 9. The van der Waals surface area contributed by atoms with Gasteiger partial charge in [0.2, 0.25) is 5.91 Å². The maximum atomic E-state index is 11.9. The van der Waals surface area contributed by atoms with Gasteiger partial charge in [0.25, 0.3) is 5.91 Å². The highest BCUT2D eigenvalue weighted by molar-refractivity contribution is 5.92. The molecule has 0 aliphatic heterocycles. The third kappa shape index (κ3) is 6.29. The Hall–Kier alpha value is -1.95. The van der Waals surface area contributed by atoms with Crippen molar-refractivity contribution in [3.8, 4) is 0 Å². The highest BCUT2D eigenvalue weighted by atomic mass is 16.2. The Morgan fingerprint density at radius 1 is 1.35 bits per heavy atom. The van der Waals surface area contributed by atoms with Gasteiger partial charge in [0, 0.05) is 19.3 Å². The largest absolute Gasteiger partial charge is 0.369 e. The van der Waals surface area contributed by atoms with Crippen LogP contribution in [0.25, 0.3) is 0 Å². The zero-order valence-corrected chi connectivity index (χ0v) is 11.8. The van der Waals surface area contributed by atoms with Crippen LogP contribution < -0.4 is 16.4 Å². The highest BCUT2D eigenvalue weighted by Gasteiger charge is 2.07. The summed E-state index contributed by atoms with van der Waals surface area (Å²) in [5.74, 6) is -0.620. The first-order chi connectivity index (χ1) is 9.63. The number of nitrogens with two attached hydrogens (primary N) is 1. The van der Waals surface area contributed by atoms with Gasteiger partial charge in [-0.25, -0.2) is 0 Å². The number of primary amides is 1. The number of carbonyl (C=O) groups is 2. The molecule has 0 atom stereocenters. The molecule has 1 aromatic rings. The van der Waals surface area contributed by atoms with E-state index in [1.807, 2.05) is 12.1 Å². The number of nitrogens with zero attached hydrogens (tertiary/aromatic N) is 1. The van der Waals surface area contributed by atoms with E-state index in [2.05, 4.69) is 22.5 Å². The average Bonchev–Trinajstić information content (AvgIpc) is 2.44. The van der Waals surface area contributed by atoms with Gasteiger partial charge < -0.3 is 16.4 Å². The quantitative estimate of drug-likeness (QED) is 0.563. The molecule has 1 rings (SSSR count). The highest BCUT2D eigenvalue weighted by Crippen LogP contribution is 2.06. The van der Waals surface area contributed by atoms with Crippen LogP contribution in [0.3, 0.4) is 0 Å². The second-order valence-electron chi connectivity index (χ2n) is 4.55. The van der Waals surface area contributed by atoms with Crippen LogP contribution in [0, 0.1) is 0 Å². The standard InChI is InChI=1S/C14H22N4O2/c1-2-3-4-11-5-6-17-12(9-11)14(20)18-8-7-16-10-13(15)19/h5-6,9,16H,2-4,7-8,10H2,1H3,(H2,15,19)(H,18,20). The Morgan fingerprint density at radius 2 is 2.15 bits per heavy atom. The molecule has 2 amide bonds. The number of pyridine rings is 1. The molecule has 0 radical (unpaired) electrons. The first-order valence-electron chi connectivity index (χ1n) is 6.85. The summed E-state index contributed by atoms with van der Waals surface area (Å²) in [7, 11) is 0. The van der Waals surface area contributed by atoms with Crippen LogP contribution >= 0.6 is 0 Å². The number of carbonyl (C=O) groups excluding carboxylic acids is 2. The van der Waals surface area contributed by atoms with E-state index in [-0.39, 0.29) is 12.5 Å². The lowest BCUT2D eigenvalue weighted by atomic mass is 10.1. The molecule has 1 heterocycles. The van der Waals surface area contributed by atoms with Crippen LogP contribution in [0.5, 0.6) is 0 Å². The van der Waals surface area contributed by atoms with Gasteiger partial charge in [0.15, 0.2) is 0 Å². The van der Waals surface area contributed by atoms with E-state index < -0.39 is 5.91 Å². The third-order valence-corrected chi connectivity index (χ3v) is 2.76. The van der Waals surface area contributed by atoms with Crippen molar-refractivity contribution >= 4 is 11.8 Å². The van der Waals surface area contributed by atoms with Crippen LogP contribution in [0.15, 0.2) is 18.3 Å². The fraction of sp³-hybridized carbons (Fsp3) is 0.500. The lowest BCUT2D eigenvalue weighted by molar-refractivity contribution is -0.117. The normalized spacial score (nSPS) is 10.2. The summed E-state index contributed by atoms with van der Waals surface area (Å²) in [5.41, 5.74) is 6.53. The molecular formula is C14H22N4O2. The Morgan fingerprint density at radius 3 is 2.85 bits per heavy atom. The van der Waals surface area contributed by atoms with Crippen molar-refractivity contribution in [2.24, 2.45) is 5.73 Å². The number of aromatic nitrogens is 1. The fourth-order valence-electron chi connectivity index (χ4n) is 1.70. The molecule has 6 nitrogen and oxygen atoms in total. The van der Waals surface area contributed by atoms with Gasteiger partial charge >= 0.3 is 0 Å². The monoisotopic (exact) mass is 278 g/mol. The van der Waals surface area contributed by atoms with E-state index in [4.69, 9.17) is 5.73 Å². The molecule has 6 heteroatoms. The average molecular weight is 278 g/mol. The summed E-state index contributed by atoms with van der Waals surface area (Å²) >= 11 is 0. The first kappa shape index (κ1) is 16.1. The van der Waals surface area contributed by atoms with E-state index in [1.54, 1.807) is 6.20 Å². The lowest BCUT2D eigenvalue weighted by Gasteiger charge is -2.06. The molecule has 0 unspecified atom stereocenters. The van der Waals surface area contributed by atoms with E-state index >= 15 is 0 Å². The van der Waals surface area contributed by atoms with E-state index in [0.29, 0.717) is 18.8 Å². The van der Waals surface area contributed by atoms with Gasteiger partial charge in [-0.15, -0.1) is 0 Å². The van der Waals surface area contributed by atoms with Crippen LogP contribution in [0.2, 0.25) is 0 Å². The summed E-state index contributed by atoms with van der Waals surface area (Å²) in [5, 5.41) is 5.56. The van der Waals surface area contributed by atoms with Crippen molar-refractivity contribution in [1.82, 2.24) is 15.6 Å². The Balaban J connectivity index is 2.37. The van der Waals surface area contributed by atoms with Crippen molar-refractivity contribution in [1.29, 1.82) is 0 Å². The SMILES string of the molecule is CCCCc1ccnc(C(=O)NCCNCC(N)=O)c1. The molecule has 110 valence electrons. The van der Waals surface area contributed by atoms with E-state index in [1.165, 1.54) is 0 Å². The van der Waals surface area contributed by atoms with Crippen molar-refractivity contribution < 1.29 is 9.59 Å². The van der Waals surface area contributed by atoms with Crippen LogP contribution in [0.4, 0.5) is 0 Å². The molecule has 0 aliphatic rings. The summed E-state index contributed by atoms with van der Waals surface area (Å²) in [6.45, 7) is 3.16. The zero-order chi connectivity index (χ0) is 14.8. The number of aryl methyl sites for hydroxylation is 1. The summed E-state index contributed by atoms with van der Waals surface area (Å²) in [6, 6.07) is 3.75. The van der Waals surface area contributed by atoms with Gasteiger partial charge in [-0.2, -0.15) is 0 Å². The zero-order valence-electron chi connectivity index (χ0n) is 11.8. The van der Waals surface area contributed by atoms with Crippen LogP contribution in [-0.2, 0) is 11.2 Å². The van der Waals surface area contributed by atoms with Crippen LogP contribution in [0.1, 0.15) is 35.8 Å². The minimum atomic E-state index is -0.415. The molecule has 0 bridgehead atoms. The van der Waals surface area contributed by atoms with Gasteiger partial charge in [-0.1, -0.05) is 13.3 Å². The maximum absolute atomic E-state index is 11.9. The smallest absolute Gasteiger partial charge is 0.269 e. The van der Waals surface area contributed by atoms with Crippen molar-refractivity contribution in [2.75, 3.05) is 19.6 Å². The number of amides is 2. The number of unbranched alkanes of at least 4 members (excludes halogenated alkanes) is 1. The van der Waals surface area contributed by atoms with Gasteiger partial charge in [0.05, 0.1) is 6.54 Å². The Bertz CT molecular complexity index is 449. The molecule has 0 aromatic carbocycles. The molecule has 4 N–H and O–H groups in total. The van der Waals surface area contributed by atoms with E-state index in [9.17, 15) is 9.59 Å². The Labute approximate surface area is 119 Å². The first-order valence-corrected chi connectivity index (χ1v) is 6.85. The number of nitrogens with one attached hydrogen (secondary N) is 2. The lowest BCUT2D eigenvalue weighted by Crippen LogP contribution is -2.36. The minimum Gasteiger partial charge on any atom is -0.369 e. The van der Waals surface area contributed by atoms with Gasteiger partial charge in [-0.3, -0.25) is 14.6 Å². The van der Waals surface area contributed by atoms with E-state index in [0.717, 1.165) is 24.8 Å². The van der Waals surface area contributed by atoms with Gasteiger partial charge in [-0.05, 0) is 30.5 Å². The number of hydrogen-bond acceptors (Lipinski definition) is 4. The molecule has 0 spiro atoms.